The Morgan fingerprint density at radius 1 is 0.684 bits per heavy atom. The molecule has 0 aliphatic heterocycles. The van der Waals surface area contributed by atoms with Gasteiger partial charge in [-0.1, -0.05) is 24.3 Å². The fourth-order valence-electron chi connectivity index (χ4n) is 1.84. The third-order valence-corrected chi connectivity index (χ3v) is 2.68. The first kappa shape index (κ1) is 19.0. The first-order chi connectivity index (χ1) is 7.93. The predicted octanol–water partition coefficient (Wildman–Crippen LogP) is 4.10. The van der Waals surface area contributed by atoms with Crippen LogP contribution >= 0.6 is 0 Å². The maximum Gasteiger partial charge on any atom is 2.00 e. The van der Waals surface area contributed by atoms with E-state index in [0.717, 1.165) is 11.1 Å². The van der Waals surface area contributed by atoms with E-state index in [1.54, 1.807) is 0 Å². The van der Waals surface area contributed by atoms with Crippen LogP contribution in [-0.4, -0.2) is 0 Å². The van der Waals surface area contributed by atoms with Gasteiger partial charge in [-0.2, -0.15) is 36.4 Å². The van der Waals surface area contributed by atoms with Crippen LogP contribution in [0.15, 0.2) is 60.7 Å². The Kier molecular flexibility index (Phi) is 9.01. The first-order valence-corrected chi connectivity index (χ1v) is 5.31. The summed E-state index contributed by atoms with van der Waals surface area (Å²) in [6, 6.07) is 27.0. The van der Waals surface area contributed by atoms with Gasteiger partial charge in [-0.15, -0.1) is 22.9 Å². The molecule has 0 N–H and O–H groups in total. The van der Waals surface area contributed by atoms with Gasteiger partial charge in [0.1, 0.15) is 0 Å². The third kappa shape index (κ3) is 4.49. The molecule has 0 aliphatic carbocycles. The van der Waals surface area contributed by atoms with Gasteiger partial charge in [-0.25, -0.2) is 11.1 Å². The summed E-state index contributed by atoms with van der Waals surface area (Å²) in [5.74, 6) is 0. The minimum atomic E-state index is 0. The zero-order valence-corrected chi connectivity index (χ0v) is 18.8. The minimum absolute atomic E-state index is 0. The number of hydrogen-bond donors (Lipinski definition) is 0. The average Bonchev–Trinajstić information content (AvgIpc) is 2.39. The van der Waals surface area contributed by atoms with E-state index in [2.05, 4.69) is 42.5 Å². The summed E-state index contributed by atoms with van der Waals surface area (Å²) in [7, 11) is 0. The molecule has 0 saturated carbocycles. The summed E-state index contributed by atoms with van der Waals surface area (Å²) in [5, 5.41) is 2.47. The van der Waals surface area contributed by atoms with Gasteiger partial charge < -0.3 is 0 Å². The first-order valence-electron chi connectivity index (χ1n) is 5.31. The molecule has 0 heterocycles. The maximum atomic E-state index is 3.30. The van der Waals surface area contributed by atoms with E-state index < -0.39 is 0 Å². The summed E-state index contributed by atoms with van der Waals surface area (Å²) in [6.45, 7) is 0. The normalized spacial score (nSPS) is 8.84. The molecule has 3 heteroatoms. The monoisotopic (exact) mass is 754 g/mol. The molecule has 0 fully saturated rings. The molecule has 3 aromatic carbocycles. The Morgan fingerprint density at radius 3 is 2.05 bits per heavy atom. The molecule has 19 heavy (non-hydrogen) atoms. The molecule has 92 valence electrons. The zero-order valence-electron chi connectivity index (χ0n) is 10.00. The fourth-order valence-corrected chi connectivity index (χ4v) is 1.84. The topological polar surface area (TPSA) is 0 Å². The van der Waals surface area contributed by atoms with Crippen molar-refractivity contribution < 1.29 is 63.2 Å². The Balaban J connectivity index is 0.00000108. The summed E-state index contributed by atoms with van der Waals surface area (Å²) >= 11 is 0. The molecule has 0 amide bonds. The molecule has 0 aromatic heterocycles. The van der Waals surface area contributed by atoms with Gasteiger partial charge in [0, 0.05) is 42.1 Å². The van der Waals surface area contributed by atoms with Crippen molar-refractivity contribution in [1.82, 2.24) is 0 Å². The van der Waals surface area contributed by atoms with Crippen molar-refractivity contribution in [3.8, 4) is 11.1 Å². The van der Waals surface area contributed by atoms with E-state index in [-0.39, 0.29) is 63.2 Å². The predicted molar refractivity (Wildman–Crippen MR) is 67.1 cm³/mol. The number of benzene rings is 3. The molecule has 0 saturated heterocycles. The molecule has 0 radical (unpaired) electrons. The standard InChI is InChI=1S/C16H10.3W/c1-2-6-13(7-3-1)16-11-10-14-8-4-5-9-15(14)12-16;;;/h1-6,8-10,12H;;;/q-2;;;+2. The molecule has 0 atom stereocenters. The van der Waals surface area contributed by atoms with Gasteiger partial charge in [-0.3, -0.25) is 0 Å². The average molecular weight is 754 g/mol. The van der Waals surface area contributed by atoms with Gasteiger partial charge in [0.25, 0.3) is 0 Å². The molecule has 0 unspecified atom stereocenters. The van der Waals surface area contributed by atoms with Crippen molar-refractivity contribution in [2.45, 2.75) is 0 Å². The number of fused-ring (bicyclic) bond motifs is 1. The van der Waals surface area contributed by atoms with Crippen LogP contribution in [0.3, 0.4) is 0 Å². The van der Waals surface area contributed by atoms with Crippen molar-refractivity contribution in [1.29, 1.82) is 0 Å². The smallest absolute Gasteiger partial charge is 0.226 e. The van der Waals surface area contributed by atoms with E-state index in [4.69, 9.17) is 0 Å². The van der Waals surface area contributed by atoms with Crippen LogP contribution in [0.2, 0.25) is 0 Å². The summed E-state index contributed by atoms with van der Waals surface area (Å²) < 4.78 is 0. The van der Waals surface area contributed by atoms with Crippen LogP contribution in [-0.2, 0) is 63.2 Å². The van der Waals surface area contributed by atoms with E-state index >= 15 is 0 Å². The van der Waals surface area contributed by atoms with Crippen LogP contribution in [0.4, 0.5) is 0 Å². The third-order valence-electron chi connectivity index (χ3n) is 2.68. The molecule has 3 aromatic rings. The van der Waals surface area contributed by atoms with Gasteiger partial charge in [-0.05, 0) is 0 Å². The summed E-state index contributed by atoms with van der Waals surface area (Å²) in [6.07, 6.45) is 0. The molecule has 3 rings (SSSR count). The van der Waals surface area contributed by atoms with Crippen LogP contribution in [0.25, 0.3) is 21.9 Å². The molecule has 0 aliphatic rings. The zero-order chi connectivity index (χ0) is 10.8. The number of rotatable bonds is 1. The Hall–Kier alpha value is -0.0151. The van der Waals surface area contributed by atoms with E-state index in [9.17, 15) is 0 Å². The molecular formula is C16H10W3. The van der Waals surface area contributed by atoms with Crippen molar-refractivity contribution in [3.63, 3.8) is 0 Å². The van der Waals surface area contributed by atoms with Crippen LogP contribution in [0, 0.1) is 12.1 Å². The van der Waals surface area contributed by atoms with E-state index in [0.29, 0.717) is 0 Å². The molecular weight excluding hydrogens is 744 g/mol. The quantitative estimate of drug-likeness (QED) is 0.329. The Bertz CT molecular complexity index is 621. The molecule has 0 nitrogen and oxygen atoms in total. The summed E-state index contributed by atoms with van der Waals surface area (Å²) in [4.78, 5) is 0. The van der Waals surface area contributed by atoms with E-state index in [1.807, 2.05) is 30.3 Å². The van der Waals surface area contributed by atoms with Gasteiger partial charge in [0.15, 0.2) is 0 Å². The van der Waals surface area contributed by atoms with Crippen molar-refractivity contribution >= 4 is 10.8 Å². The van der Waals surface area contributed by atoms with Gasteiger partial charge in [0.05, 0.1) is 0 Å². The second kappa shape index (κ2) is 9.02. The van der Waals surface area contributed by atoms with Crippen molar-refractivity contribution in [3.05, 3.63) is 72.8 Å². The van der Waals surface area contributed by atoms with Crippen molar-refractivity contribution in [2.75, 3.05) is 0 Å². The van der Waals surface area contributed by atoms with Crippen LogP contribution in [0.1, 0.15) is 0 Å². The minimum Gasteiger partial charge on any atom is -0.226 e. The fraction of sp³-hybridized carbons (Fsp3) is 0. The summed E-state index contributed by atoms with van der Waals surface area (Å²) in [5.41, 5.74) is 2.19. The second-order valence-electron chi connectivity index (χ2n) is 3.75. The van der Waals surface area contributed by atoms with Gasteiger partial charge >= 0.3 is 21.1 Å². The Morgan fingerprint density at radius 2 is 1.37 bits per heavy atom. The van der Waals surface area contributed by atoms with Crippen LogP contribution in [0.5, 0.6) is 0 Å². The maximum absolute atomic E-state index is 3.30. The van der Waals surface area contributed by atoms with Gasteiger partial charge in [0.2, 0.25) is 0 Å². The largest absolute Gasteiger partial charge is 2.00 e. The number of hydrogen-bond acceptors (Lipinski definition) is 0. The van der Waals surface area contributed by atoms with E-state index in [1.165, 1.54) is 10.8 Å². The van der Waals surface area contributed by atoms with Crippen LogP contribution < -0.4 is 0 Å². The molecule has 0 bridgehead atoms. The molecule has 0 spiro atoms. The second-order valence-corrected chi connectivity index (χ2v) is 3.75. The van der Waals surface area contributed by atoms with Crippen molar-refractivity contribution in [2.24, 2.45) is 0 Å². The Labute approximate surface area is 156 Å². The SMILES string of the molecule is [W+2].[W].[W].[c-]1ccccc1-c1[c-]cc2ccccc2c1.